The standard InChI is InChI=1S/C7H16N2O2/c1-6(2)3-4-9-11-5-7(8)10/h6,9H,3-5H2,1-2H3,(H2,8,10). The van der Waals surface area contributed by atoms with Gasteiger partial charge in [0.25, 0.3) is 0 Å². The summed E-state index contributed by atoms with van der Waals surface area (Å²) in [4.78, 5) is 14.9. The van der Waals surface area contributed by atoms with Gasteiger partial charge in [0.15, 0.2) is 0 Å². The van der Waals surface area contributed by atoms with Gasteiger partial charge in [0, 0.05) is 6.54 Å². The SMILES string of the molecule is CC(C)CCNOCC(N)=O. The first kappa shape index (κ1) is 10.4. The van der Waals surface area contributed by atoms with Crippen molar-refractivity contribution < 1.29 is 9.63 Å². The van der Waals surface area contributed by atoms with Crippen LogP contribution in [0.4, 0.5) is 0 Å². The summed E-state index contributed by atoms with van der Waals surface area (Å²) in [6.45, 7) is 4.94. The molecule has 1 amide bonds. The minimum Gasteiger partial charge on any atom is -0.368 e. The molecule has 4 nitrogen and oxygen atoms in total. The summed E-state index contributed by atoms with van der Waals surface area (Å²) >= 11 is 0. The molecule has 0 saturated heterocycles. The smallest absolute Gasteiger partial charge is 0.245 e. The lowest BCUT2D eigenvalue weighted by atomic mass is 10.1. The zero-order valence-electron chi connectivity index (χ0n) is 7.09. The maximum atomic E-state index is 10.2. The molecule has 0 aromatic rings. The van der Waals surface area contributed by atoms with Crippen molar-refractivity contribution >= 4 is 5.91 Å². The maximum Gasteiger partial charge on any atom is 0.245 e. The number of hydrogen-bond acceptors (Lipinski definition) is 3. The van der Waals surface area contributed by atoms with Gasteiger partial charge in [-0.05, 0) is 12.3 Å². The molecule has 11 heavy (non-hydrogen) atoms. The van der Waals surface area contributed by atoms with Crippen molar-refractivity contribution in [3.63, 3.8) is 0 Å². The van der Waals surface area contributed by atoms with Crippen molar-refractivity contribution in [2.75, 3.05) is 13.2 Å². The van der Waals surface area contributed by atoms with Gasteiger partial charge in [-0.1, -0.05) is 13.8 Å². The number of nitrogens with one attached hydrogen (secondary N) is 1. The van der Waals surface area contributed by atoms with Gasteiger partial charge in [-0.3, -0.25) is 9.63 Å². The van der Waals surface area contributed by atoms with Crippen LogP contribution in [0.5, 0.6) is 0 Å². The van der Waals surface area contributed by atoms with Crippen LogP contribution in [0.15, 0.2) is 0 Å². The lowest BCUT2D eigenvalue weighted by Gasteiger charge is -2.05. The molecule has 4 heteroatoms. The quantitative estimate of drug-likeness (QED) is 0.426. The Kier molecular flexibility index (Phi) is 5.78. The number of nitrogens with two attached hydrogens (primary N) is 1. The summed E-state index contributed by atoms with van der Waals surface area (Å²) in [5.74, 6) is 0.182. The average molecular weight is 160 g/mol. The highest BCUT2D eigenvalue weighted by molar-refractivity contribution is 5.74. The fraction of sp³-hybridized carbons (Fsp3) is 0.857. The molecule has 0 rings (SSSR count). The van der Waals surface area contributed by atoms with Crippen LogP contribution in [0.25, 0.3) is 0 Å². The Morgan fingerprint density at radius 2 is 2.27 bits per heavy atom. The molecule has 66 valence electrons. The summed E-state index contributed by atoms with van der Waals surface area (Å²) in [7, 11) is 0. The molecule has 0 bridgehead atoms. The minimum atomic E-state index is -0.456. The van der Waals surface area contributed by atoms with Crippen molar-refractivity contribution in [3.8, 4) is 0 Å². The Balaban J connectivity index is 2.97. The highest BCUT2D eigenvalue weighted by atomic mass is 16.6. The predicted molar refractivity (Wildman–Crippen MR) is 42.6 cm³/mol. The van der Waals surface area contributed by atoms with E-state index in [0.717, 1.165) is 13.0 Å². The van der Waals surface area contributed by atoms with Crippen molar-refractivity contribution in [3.05, 3.63) is 0 Å². The van der Waals surface area contributed by atoms with Crippen LogP contribution < -0.4 is 11.2 Å². The molecule has 0 aliphatic rings. The van der Waals surface area contributed by atoms with E-state index in [1.165, 1.54) is 0 Å². The van der Waals surface area contributed by atoms with Crippen LogP contribution in [-0.2, 0) is 9.63 Å². The van der Waals surface area contributed by atoms with Crippen molar-refractivity contribution in [2.24, 2.45) is 11.7 Å². The maximum absolute atomic E-state index is 10.2. The first-order valence-corrected chi connectivity index (χ1v) is 3.76. The van der Waals surface area contributed by atoms with E-state index in [1.807, 2.05) is 0 Å². The topological polar surface area (TPSA) is 64.3 Å². The molecule has 3 N–H and O–H groups in total. The third-order valence-corrected chi connectivity index (χ3v) is 1.14. The molecule has 0 heterocycles. The Hall–Kier alpha value is -0.610. The van der Waals surface area contributed by atoms with Crippen molar-refractivity contribution in [1.82, 2.24) is 5.48 Å². The Morgan fingerprint density at radius 1 is 1.64 bits per heavy atom. The third kappa shape index (κ3) is 9.39. The average Bonchev–Trinajstić information content (AvgIpc) is 1.85. The minimum absolute atomic E-state index is 0.0574. The number of hydrogen-bond donors (Lipinski definition) is 2. The monoisotopic (exact) mass is 160 g/mol. The molecule has 0 aliphatic heterocycles. The molecular weight excluding hydrogens is 144 g/mol. The second kappa shape index (κ2) is 6.12. The zero-order chi connectivity index (χ0) is 8.69. The van der Waals surface area contributed by atoms with Crippen LogP contribution in [0.3, 0.4) is 0 Å². The van der Waals surface area contributed by atoms with E-state index in [4.69, 9.17) is 10.6 Å². The molecular formula is C7H16N2O2. The first-order valence-electron chi connectivity index (χ1n) is 3.76. The fourth-order valence-electron chi connectivity index (χ4n) is 0.542. The normalized spacial score (nSPS) is 10.5. The highest BCUT2D eigenvalue weighted by Crippen LogP contribution is 1.95. The van der Waals surface area contributed by atoms with E-state index in [1.54, 1.807) is 0 Å². The van der Waals surface area contributed by atoms with Gasteiger partial charge in [0.05, 0.1) is 0 Å². The van der Waals surface area contributed by atoms with Gasteiger partial charge in [-0.25, -0.2) is 5.48 Å². The number of carbonyl (C=O) groups excluding carboxylic acids is 1. The highest BCUT2D eigenvalue weighted by Gasteiger charge is 1.94. The first-order chi connectivity index (χ1) is 5.13. The van der Waals surface area contributed by atoms with Gasteiger partial charge >= 0.3 is 0 Å². The molecule has 0 aromatic heterocycles. The zero-order valence-corrected chi connectivity index (χ0v) is 7.09. The molecule has 0 fully saturated rings. The predicted octanol–water partition coefficient (Wildman–Crippen LogP) is 0.0390. The molecule has 0 atom stereocenters. The number of primary amides is 1. The van der Waals surface area contributed by atoms with Gasteiger partial charge in [0.1, 0.15) is 6.61 Å². The van der Waals surface area contributed by atoms with Crippen LogP contribution >= 0.6 is 0 Å². The van der Waals surface area contributed by atoms with Gasteiger partial charge in [0.2, 0.25) is 5.91 Å². The van der Waals surface area contributed by atoms with E-state index in [0.29, 0.717) is 5.92 Å². The second-order valence-electron chi connectivity index (χ2n) is 2.83. The Bertz CT molecular complexity index is 115. The van der Waals surface area contributed by atoms with Crippen LogP contribution in [0.2, 0.25) is 0 Å². The molecule has 0 aromatic carbocycles. The Labute approximate surface area is 67.0 Å². The Morgan fingerprint density at radius 3 is 2.73 bits per heavy atom. The second-order valence-corrected chi connectivity index (χ2v) is 2.83. The summed E-state index contributed by atoms with van der Waals surface area (Å²) in [6, 6.07) is 0. The number of hydroxylamine groups is 1. The summed E-state index contributed by atoms with van der Waals surface area (Å²) in [5, 5.41) is 0. The third-order valence-electron chi connectivity index (χ3n) is 1.14. The van der Waals surface area contributed by atoms with Crippen molar-refractivity contribution in [1.29, 1.82) is 0 Å². The van der Waals surface area contributed by atoms with Crippen LogP contribution in [0.1, 0.15) is 20.3 Å². The molecule has 0 spiro atoms. The van der Waals surface area contributed by atoms with E-state index in [2.05, 4.69) is 19.3 Å². The summed E-state index contributed by atoms with van der Waals surface area (Å²) in [5.41, 5.74) is 7.48. The van der Waals surface area contributed by atoms with E-state index < -0.39 is 5.91 Å². The molecule has 0 saturated carbocycles. The molecule has 0 aliphatic carbocycles. The largest absolute Gasteiger partial charge is 0.368 e. The lowest BCUT2D eigenvalue weighted by molar-refractivity contribution is -0.125. The number of carbonyl (C=O) groups is 1. The fourth-order valence-corrected chi connectivity index (χ4v) is 0.542. The number of amides is 1. The summed E-state index contributed by atoms with van der Waals surface area (Å²) in [6.07, 6.45) is 1.03. The van der Waals surface area contributed by atoms with Crippen LogP contribution in [0, 0.1) is 5.92 Å². The summed E-state index contributed by atoms with van der Waals surface area (Å²) < 4.78 is 0. The van der Waals surface area contributed by atoms with E-state index in [9.17, 15) is 4.79 Å². The van der Waals surface area contributed by atoms with Crippen LogP contribution in [-0.4, -0.2) is 19.1 Å². The van der Waals surface area contributed by atoms with Gasteiger partial charge in [-0.15, -0.1) is 0 Å². The van der Waals surface area contributed by atoms with E-state index >= 15 is 0 Å². The van der Waals surface area contributed by atoms with Gasteiger partial charge in [-0.2, -0.15) is 0 Å². The molecule has 0 radical (unpaired) electrons. The van der Waals surface area contributed by atoms with E-state index in [-0.39, 0.29) is 6.61 Å². The van der Waals surface area contributed by atoms with Crippen molar-refractivity contribution in [2.45, 2.75) is 20.3 Å². The van der Waals surface area contributed by atoms with Gasteiger partial charge < -0.3 is 5.73 Å². The molecule has 0 unspecified atom stereocenters. The number of rotatable bonds is 6. The lowest BCUT2D eigenvalue weighted by Crippen LogP contribution is -2.25.